The molecule has 0 aliphatic heterocycles. The van der Waals surface area contributed by atoms with Gasteiger partial charge in [0.2, 0.25) is 5.91 Å². The highest BCUT2D eigenvalue weighted by Gasteiger charge is 2.38. The number of carbonyl (C=O) groups excluding carboxylic acids is 1. The molecular weight excluding hydrogens is 266 g/mol. The lowest BCUT2D eigenvalue weighted by molar-refractivity contribution is -0.140. The quantitative estimate of drug-likeness (QED) is 0.817. The van der Waals surface area contributed by atoms with Crippen molar-refractivity contribution in [3.8, 4) is 0 Å². The molecule has 0 bridgehead atoms. The summed E-state index contributed by atoms with van der Waals surface area (Å²) in [7, 11) is 0. The van der Waals surface area contributed by atoms with Gasteiger partial charge in [-0.25, -0.2) is 0 Å². The molecule has 0 heterocycles. The minimum absolute atomic E-state index is 0.0601. The van der Waals surface area contributed by atoms with E-state index in [-0.39, 0.29) is 23.8 Å². The largest absolute Gasteiger partial charge is 0.481 e. The molecule has 0 aromatic carbocycles. The predicted octanol–water partition coefficient (Wildman–Crippen LogP) is 3.35. The maximum Gasteiger partial charge on any atom is 0.303 e. The first-order chi connectivity index (χ1) is 9.90. The number of rotatable bonds is 5. The summed E-state index contributed by atoms with van der Waals surface area (Å²) in [4.78, 5) is 23.4. The van der Waals surface area contributed by atoms with Gasteiger partial charge in [-0.15, -0.1) is 0 Å². The molecule has 1 amide bonds. The third kappa shape index (κ3) is 4.45. The molecule has 2 aliphatic rings. The smallest absolute Gasteiger partial charge is 0.303 e. The Kier molecular flexibility index (Phi) is 5.28. The van der Waals surface area contributed by atoms with Crippen LogP contribution in [0.4, 0.5) is 0 Å². The van der Waals surface area contributed by atoms with Crippen LogP contribution in [-0.4, -0.2) is 23.0 Å². The molecule has 2 fully saturated rings. The zero-order valence-electron chi connectivity index (χ0n) is 13.4. The van der Waals surface area contributed by atoms with Gasteiger partial charge in [-0.05, 0) is 49.4 Å². The fraction of sp³-hybridized carbons (Fsp3) is 0.882. The van der Waals surface area contributed by atoms with E-state index >= 15 is 0 Å². The van der Waals surface area contributed by atoms with Gasteiger partial charge in [0.25, 0.3) is 0 Å². The van der Waals surface area contributed by atoms with Crippen molar-refractivity contribution >= 4 is 11.9 Å². The molecule has 0 spiro atoms. The number of hydrogen-bond donors (Lipinski definition) is 2. The van der Waals surface area contributed by atoms with Crippen molar-refractivity contribution in [1.82, 2.24) is 5.32 Å². The maximum absolute atomic E-state index is 12.3. The highest BCUT2D eigenvalue weighted by molar-refractivity contribution is 5.78. The van der Waals surface area contributed by atoms with Crippen LogP contribution in [0.5, 0.6) is 0 Å². The predicted molar refractivity (Wildman–Crippen MR) is 81.9 cm³/mol. The number of carboxylic acid groups (broad SMARTS) is 1. The molecule has 0 aromatic heterocycles. The molecule has 3 unspecified atom stereocenters. The van der Waals surface area contributed by atoms with Crippen LogP contribution >= 0.6 is 0 Å². The first-order valence-corrected chi connectivity index (χ1v) is 8.41. The average molecular weight is 295 g/mol. The number of nitrogens with one attached hydrogen (secondary N) is 1. The summed E-state index contributed by atoms with van der Waals surface area (Å²) in [6.45, 7) is 4.54. The van der Waals surface area contributed by atoms with Gasteiger partial charge >= 0.3 is 5.97 Å². The van der Waals surface area contributed by atoms with Crippen molar-refractivity contribution in [2.75, 3.05) is 0 Å². The third-order valence-corrected chi connectivity index (χ3v) is 5.69. The van der Waals surface area contributed by atoms with Crippen LogP contribution in [0.25, 0.3) is 0 Å². The summed E-state index contributed by atoms with van der Waals surface area (Å²) in [5, 5.41) is 12.3. The molecular formula is C17H29NO3. The van der Waals surface area contributed by atoms with Gasteiger partial charge in [0.15, 0.2) is 0 Å². The van der Waals surface area contributed by atoms with Crippen LogP contribution in [0.2, 0.25) is 0 Å². The first kappa shape index (κ1) is 16.3. The fourth-order valence-corrected chi connectivity index (χ4v) is 4.16. The second-order valence-electron chi connectivity index (χ2n) is 7.49. The lowest BCUT2D eigenvalue weighted by atomic mass is 9.77. The normalized spacial score (nSPS) is 31.8. The highest BCUT2D eigenvalue weighted by Crippen LogP contribution is 2.44. The van der Waals surface area contributed by atoms with Crippen molar-refractivity contribution in [1.29, 1.82) is 0 Å². The minimum atomic E-state index is -0.773. The molecule has 120 valence electrons. The fourth-order valence-electron chi connectivity index (χ4n) is 4.16. The summed E-state index contributed by atoms with van der Waals surface area (Å²) in [6.07, 6.45) is 7.68. The van der Waals surface area contributed by atoms with E-state index in [4.69, 9.17) is 5.11 Å². The molecule has 0 radical (unpaired) electrons. The van der Waals surface area contributed by atoms with E-state index in [2.05, 4.69) is 19.2 Å². The van der Waals surface area contributed by atoms with Crippen LogP contribution in [0.3, 0.4) is 0 Å². The molecule has 4 heteroatoms. The Labute approximate surface area is 127 Å². The summed E-state index contributed by atoms with van der Waals surface area (Å²) >= 11 is 0. The van der Waals surface area contributed by atoms with Gasteiger partial charge in [-0.1, -0.05) is 26.7 Å². The second kappa shape index (κ2) is 6.80. The Balaban J connectivity index is 1.86. The summed E-state index contributed by atoms with van der Waals surface area (Å²) in [5.74, 6) is 0.685. The molecule has 3 atom stereocenters. The second-order valence-corrected chi connectivity index (χ2v) is 7.49. The van der Waals surface area contributed by atoms with E-state index in [9.17, 15) is 9.59 Å². The highest BCUT2D eigenvalue weighted by atomic mass is 16.4. The number of carbonyl (C=O) groups is 2. The number of aliphatic carboxylic acids is 1. The van der Waals surface area contributed by atoms with E-state index in [1.807, 2.05) is 0 Å². The summed E-state index contributed by atoms with van der Waals surface area (Å²) < 4.78 is 0. The summed E-state index contributed by atoms with van der Waals surface area (Å²) in [6, 6.07) is 0.284. The monoisotopic (exact) mass is 295 g/mol. The molecule has 2 N–H and O–H groups in total. The first-order valence-electron chi connectivity index (χ1n) is 8.41. The Morgan fingerprint density at radius 3 is 2.33 bits per heavy atom. The van der Waals surface area contributed by atoms with Crippen molar-refractivity contribution in [2.24, 2.45) is 17.3 Å². The van der Waals surface area contributed by atoms with Crippen LogP contribution in [0.15, 0.2) is 0 Å². The van der Waals surface area contributed by atoms with Gasteiger partial charge in [0.05, 0.1) is 6.42 Å². The molecule has 0 aromatic rings. The number of amides is 1. The average Bonchev–Trinajstić information content (AvgIpc) is 2.80. The van der Waals surface area contributed by atoms with Crippen molar-refractivity contribution in [3.05, 3.63) is 0 Å². The maximum atomic E-state index is 12.3. The SMILES string of the molecule is CC1CCC(NC(=O)CC2(CC(=O)O)CCCC2)CC1C. The molecule has 2 aliphatic carbocycles. The zero-order chi connectivity index (χ0) is 15.5. The van der Waals surface area contributed by atoms with Gasteiger partial charge in [-0.2, -0.15) is 0 Å². The zero-order valence-corrected chi connectivity index (χ0v) is 13.4. The Hall–Kier alpha value is -1.06. The topological polar surface area (TPSA) is 66.4 Å². The van der Waals surface area contributed by atoms with Crippen molar-refractivity contribution in [3.63, 3.8) is 0 Å². The lowest BCUT2D eigenvalue weighted by Gasteiger charge is -2.33. The van der Waals surface area contributed by atoms with E-state index in [0.29, 0.717) is 12.3 Å². The van der Waals surface area contributed by atoms with E-state index in [0.717, 1.165) is 44.4 Å². The van der Waals surface area contributed by atoms with Gasteiger partial charge in [-0.3, -0.25) is 9.59 Å². The Bertz CT molecular complexity index is 387. The lowest BCUT2D eigenvalue weighted by Crippen LogP contribution is -2.41. The molecule has 2 saturated carbocycles. The molecule has 21 heavy (non-hydrogen) atoms. The van der Waals surface area contributed by atoms with Crippen LogP contribution in [-0.2, 0) is 9.59 Å². The van der Waals surface area contributed by atoms with Crippen molar-refractivity contribution in [2.45, 2.75) is 77.7 Å². The molecule has 2 rings (SSSR count). The third-order valence-electron chi connectivity index (χ3n) is 5.69. The molecule has 4 nitrogen and oxygen atoms in total. The number of carboxylic acids is 1. The number of hydrogen-bond acceptors (Lipinski definition) is 2. The Morgan fingerprint density at radius 2 is 1.76 bits per heavy atom. The van der Waals surface area contributed by atoms with Gasteiger partial charge in [0.1, 0.15) is 0 Å². The van der Waals surface area contributed by atoms with Crippen molar-refractivity contribution < 1.29 is 14.7 Å². The van der Waals surface area contributed by atoms with Gasteiger partial charge < -0.3 is 10.4 Å². The van der Waals surface area contributed by atoms with E-state index in [1.54, 1.807) is 0 Å². The minimum Gasteiger partial charge on any atom is -0.481 e. The Morgan fingerprint density at radius 1 is 1.10 bits per heavy atom. The summed E-state index contributed by atoms with van der Waals surface area (Å²) in [5.41, 5.74) is -0.288. The van der Waals surface area contributed by atoms with E-state index < -0.39 is 5.97 Å². The van der Waals surface area contributed by atoms with Crippen LogP contribution in [0.1, 0.15) is 71.6 Å². The van der Waals surface area contributed by atoms with Gasteiger partial charge in [0, 0.05) is 12.5 Å². The standard InChI is InChI=1S/C17H29NO3/c1-12-5-6-14(9-13(12)2)18-15(19)10-17(11-16(20)21)7-3-4-8-17/h12-14H,3-11H2,1-2H3,(H,18,19)(H,20,21). The van der Waals surface area contributed by atoms with Crippen LogP contribution < -0.4 is 5.32 Å². The van der Waals surface area contributed by atoms with E-state index in [1.165, 1.54) is 6.42 Å². The molecule has 0 saturated heterocycles. The van der Waals surface area contributed by atoms with Crippen LogP contribution in [0, 0.1) is 17.3 Å².